The molecule has 0 amide bonds. The molecular formula is C28H30FNO4. The van der Waals surface area contributed by atoms with E-state index in [4.69, 9.17) is 9.47 Å². The summed E-state index contributed by atoms with van der Waals surface area (Å²) >= 11 is 0. The first kappa shape index (κ1) is 23.7. The molecule has 1 aliphatic heterocycles. The van der Waals surface area contributed by atoms with Crippen LogP contribution in [0.5, 0.6) is 5.75 Å². The molecule has 1 N–H and O–H groups in total. The smallest absolute Gasteiger partial charge is 0.336 e. The van der Waals surface area contributed by atoms with E-state index >= 15 is 0 Å². The second-order valence-electron chi connectivity index (χ2n) is 9.34. The zero-order chi connectivity index (χ0) is 24.4. The molecule has 2 aromatic rings. The number of carbonyl (C=O) groups is 2. The normalized spacial score (nSPS) is 20.2. The van der Waals surface area contributed by atoms with Gasteiger partial charge >= 0.3 is 5.97 Å². The van der Waals surface area contributed by atoms with E-state index in [1.165, 1.54) is 12.1 Å². The third-order valence-corrected chi connectivity index (χ3v) is 6.36. The van der Waals surface area contributed by atoms with Crippen molar-refractivity contribution in [1.82, 2.24) is 5.32 Å². The second kappa shape index (κ2) is 9.84. The number of carbonyl (C=O) groups excluding carboxylic acids is 2. The zero-order valence-electron chi connectivity index (χ0n) is 20.0. The van der Waals surface area contributed by atoms with Gasteiger partial charge in [0.25, 0.3) is 0 Å². The SMILES string of the molecule is COc1ccc([C@@H]2CC(=O)C3=C(C2)NC(C)=C(C(=O)OCC(C)C)[C@H]3c2cccc(F)c2)cc1. The third kappa shape index (κ3) is 4.76. The van der Waals surface area contributed by atoms with E-state index in [9.17, 15) is 14.0 Å². The van der Waals surface area contributed by atoms with Crippen LogP contribution < -0.4 is 10.1 Å². The number of allylic oxidation sites excluding steroid dienone is 3. The molecule has 0 bridgehead atoms. The Hall–Kier alpha value is -3.41. The van der Waals surface area contributed by atoms with Crippen LogP contribution in [0.15, 0.2) is 71.1 Å². The molecule has 2 atom stereocenters. The fraction of sp³-hybridized carbons (Fsp3) is 0.357. The first-order valence-corrected chi connectivity index (χ1v) is 11.6. The maximum atomic E-state index is 14.2. The molecule has 2 aliphatic rings. The van der Waals surface area contributed by atoms with E-state index in [2.05, 4.69) is 5.32 Å². The lowest BCUT2D eigenvalue weighted by molar-refractivity contribution is -0.140. The number of halogens is 1. The second-order valence-corrected chi connectivity index (χ2v) is 9.34. The molecule has 1 aliphatic carbocycles. The minimum absolute atomic E-state index is 0.0000538. The lowest BCUT2D eigenvalue weighted by atomic mass is 9.71. The number of dihydropyridines is 1. The van der Waals surface area contributed by atoms with E-state index in [1.807, 2.05) is 45.0 Å². The lowest BCUT2D eigenvalue weighted by Crippen LogP contribution is -2.36. The first-order valence-electron chi connectivity index (χ1n) is 11.6. The first-order chi connectivity index (χ1) is 16.3. The van der Waals surface area contributed by atoms with E-state index in [0.29, 0.717) is 35.2 Å². The van der Waals surface area contributed by atoms with E-state index in [-0.39, 0.29) is 24.2 Å². The molecule has 0 saturated carbocycles. The molecule has 0 radical (unpaired) electrons. The van der Waals surface area contributed by atoms with Crippen LogP contribution in [0, 0.1) is 11.7 Å². The Bertz CT molecular complexity index is 1160. The van der Waals surface area contributed by atoms with Gasteiger partial charge in [-0.1, -0.05) is 38.1 Å². The van der Waals surface area contributed by atoms with E-state index in [0.717, 1.165) is 17.0 Å². The van der Waals surface area contributed by atoms with Gasteiger partial charge in [-0.25, -0.2) is 9.18 Å². The monoisotopic (exact) mass is 463 g/mol. The predicted molar refractivity (Wildman–Crippen MR) is 128 cm³/mol. The summed E-state index contributed by atoms with van der Waals surface area (Å²) in [6.07, 6.45) is 0.927. The van der Waals surface area contributed by atoms with Crippen LogP contribution in [0.3, 0.4) is 0 Å². The summed E-state index contributed by atoms with van der Waals surface area (Å²) in [4.78, 5) is 26.7. The molecule has 0 saturated heterocycles. The summed E-state index contributed by atoms with van der Waals surface area (Å²) in [6.45, 7) is 6.00. The van der Waals surface area contributed by atoms with Gasteiger partial charge in [-0.2, -0.15) is 0 Å². The minimum atomic E-state index is -0.670. The Kier molecular flexibility index (Phi) is 6.87. The zero-order valence-corrected chi connectivity index (χ0v) is 20.0. The van der Waals surface area contributed by atoms with Crippen LogP contribution in [0.2, 0.25) is 0 Å². The Labute approximate surface area is 199 Å². The molecular weight excluding hydrogens is 433 g/mol. The molecule has 4 rings (SSSR count). The molecule has 1 heterocycles. The van der Waals surface area contributed by atoms with Gasteiger partial charge < -0.3 is 14.8 Å². The molecule has 2 aromatic carbocycles. The highest BCUT2D eigenvalue weighted by molar-refractivity contribution is 6.04. The number of esters is 1. The summed E-state index contributed by atoms with van der Waals surface area (Å²) in [7, 11) is 1.62. The average molecular weight is 464 g/mol. The van der Waals surface area contributed by atoms with Crippen molar-refractivity contribution in [1.29, 1.82) is 0 Å². The van der Waals surface area contributed by atoms with Gasteiger partial charge in [0.15, 0.2) is 5.78 Å². The molecule has 178 valence electrons. The van der Waals surface area contributed by atoms with Crippen molar-refractivity contribution >= 4 is 11.8 Å². The summed E-state index contributed by atoms with van der Waals surface area (Å²) in [5.41, 5.74) is 3.92. The summed E-state index contributed by atoms with van der Waals surface area (Å²) < 4.78 is 25.0. The quantitative estimate of drug-likeness (QED) is 0.582. The van der Waals surface area contributed by atoms with Gasteiger partial charge in [-0.3, -0.25) is 4.79 Å². The Morgan fingerprint density at radius 2 is 1.85 bits per heavy atom. The number of benzene rings is 2. The Morgan fingerprint density at radius 3 is 2.50 bits per heavy atom. The van der Waals surface area contributed by atoms with Crippen molar-refractivity contribution < 1.29 is 23.5 Å². The number of ketones is 1. The van der Waals surface area contributed by atoms with Crippen LogP contribution in [0.25, 0.3) is 0 Å². The highest BCUT2D eigenvalue weighted by Crippen LogP contribution is 2.45. The van der Waals surface area contributed by atoms with Crippen LogP contribution in [-0.2, 0) is 14.3 Å². The standard InChI is InChI=1S/C28H30FNO4/c1-16(2)15-34-28(32)25-17(3)30-23-13-20(18-8-10-22(33-4)11-9-18)14-24(31)27(23)26(25)19-6-5-7-21(29)12-19/h5-12,16,20,26,30H,13-15H2,1-4H3/t20-,26+/m0/s1. The highest BCUT2D eigenvalue weighted by Gasteiger charge is 2.41. The molecule has 5 nitrogen and oxygen atoms in total. The number of Topliss-reactive ketones (excluding diaryl/α,β-unsaturated/α-hetero) is 1. The molecule has 0 fully saturated rings. The van der Waals surface area contributed by atoms with Crippen molar-refractivity contribution in [3.05, 3.63) is 88.0 Å². The summed E-state index contributed by atoms with van der Waals surface area (Å²) in [5, 5.41) is 3.32. The Balaban J connectivity index is 1.74. The van der Waals surface area contributed by atoms with Crippen molar-refractivity contribution in [2.75, 3.05) is 13.7 Å². The number of ether oxygens (including phenoxy) is 2. The predicted octanol–water partition coefficient (Wildman–Crippen LogP) is 5.40. The van der Waals surface area contributed by atoms with Crippen LogP contribution in [0.1, 0.15) is 56.6 Å². The summed E-state index contributed by atoms with van der Waals surface area (Å²) in [6, 6.07) is 13.9. The number of nitrogens with one attached hydrogen (secondary N) is 1. The van der Waals surface area contributed by atoms with Gasteiger partial charge in [-0.05, 0) is 60.6 Å². The molecule has 0 aromatic heterocycles. The molecule has 0 unspecified atom stereocenters. The topological polar surface area (TPSA) is 64.6 Å². The van der Waals surface area contributed by atoms with E-state index in [1.54, 1.807) is 19.2 Å². The average Bonchev–Trinajstić information content (AvgIpc) is 2.81. The van der Waals surface area contributed by atoms with Crippen molar-refractivity contribution in [2.45, 2.75) is 45.4 Å². The molecule has 0 spiro atoms. The number of rotatable bonds is 6. The molecule has 34 heavy (non-hydrogen) atoms. The Morgan fingerprint density at radius 1 is 1.12 bits per heavy atom. The van der Waals surface area contributed by atoms with Gasteiger partial charge in [-0.15, -0.1) is 0 Å². The van der Waals surface area contributed by atoms with Gasteiger partial charge in [0.2, 0.25) is 0 Å². The maximum absolute atomic E-state index is 14.2. The van der Waals surface area contributed by atoms with Gasteiger partial charge in [0.05, 0.1) is 19.3 Å². The third-order valence-electron chi connectivity index (χ3n) is 6.36. The lowest BCUT2D eigenvalue weighted by Gasteiger charge is -2.36. The van der Waals surface area contributed by atoms with Crippen LogP contribution in [0.4, 0.5) is 4.39 Å². The van der Waals surface area contributed by atoms with E-state index < -0.39 is 17.7 Å². The minimum Gasteiger partial charge on any atom is -0.497 e. The number of methoxy groups -OCH3 is 1. The largest absolute Gasteiger partial charge is 0.497 e. The maximum Gasteiger partial charge on any atom is 0.336 e. The number of hydrogen-bond donors (Lipinski definition) is 1. The summed E-state index contributed by atoms with van der Waals surface area (Å²) in [5.74, 6) is -0.683. The van der Waals surface area contributed by atoms with Crippen molar-refractivity contribution in [2.24, 2.45) is 5.92 Å². The van der Waals surface area contributed by atoms with Crippen molar-refractivity contribution in [3.8, 4) is 5.75 Å². The fourth-order valence-corrected chi connectivity index (χ4v) is 4.76. The van der Waals surface area contributed by atoms with Gasteiger partial charge in [0.1, 0.15) is 11.6 Å². The van der Waals surface area contributed by atoms with Crippen molar-refractivity contribution in [3.63, 3.8) is 0 Å². The van der Waals surface area contributed by atoms with Gasteiger partial charge in [0, 0.05) is 29.3 Å². The van der Waals surface area contributed by atoms with Crippen LogP contribution >= 0.6 is 0 Å². The van der Waals surface area contributed by atoms with Crippen LogP contribution in [-0.4, -0.2) is 25.5 Å². The fourth-order valence-electron chi connectivity index (χ4n) is 4.76. The highest BCUT2D eigenvalue weighted by atomic mass is 19.1. The number of hydrogen-bond acceptors (Lipinski definition) is 5. The molecule has 6 heteroatoms.